The molecule has 2 aliphatic heterocycles. The third-order valence-corrected chi connectivity index (χ3v) is 7.57. The highest BCUT2D eigenvalue weighted by Crippen LogP contribution is 2.46. The zero-order chi connectivity index (χ0) is 21.3. The lowest BCUT2D eigenvalue weighted by atomic mass is 9.71. The summed E-state index contributed by atoms with van der Waals surface area (Å²) >= 11 is 0. The number of hydrogen-bond donors (Lipinski definition) is 1. The molecule has 3 fully saturated rings. The maximum absolute atomic E-state index is 13.7. The molecule has 0 aromatic heterocycles. The monoisotopic (exact) mass is 416 g/mol. The molecule has 1 aromatic rings. The minimum atomic E-state index is -0.775. The third-order valence-electron chi connectivity index (χ3n) is 7.57. The van der Waals surface area contributed by atoms with Gasteiger partial charge in [0.2, 0.25) is 5.91 Å². The molecule has 1 aromatic carbocycles. The van der Waals surface area contributed by atoms with Crippen LogP contribution in [0.25, 0.3) is 0 Å². The van der Waals surface area contributed by atoms with Crippen molar-refractivity contribution in [3.63, 3.8) is 0 Å². The van der Waals surface area contributed by atoms with Crippen molar-refractivity contribution < 1.29 is 19.1 Å². The maximum Gasteiger partial charge on any atom is 0.308 e. The molecule has 0 bridgehead atoms. The molecule has 1 atom stereocenters. The largest absolute Gasteiger partial charge is 0.481 e. The average Bonchev–Trinajstić information content (AvgIpc) is 3.09. The smallest absolute Gasteiger partial charge is 0.308 e. The number of amides is 1. The van der Waals surface area contributed by atoms with Crippen molar-refractivity contribution in [1.82, 2.24) is 9.80 Å². The lowest BCUT2D eigenvalue weighted by Gasteiger charge is -2.41. The number of rotatable bonds is 4. The van der Waals surface area contributed by atoms with Crippen molar-refractivity contribution in [2.75, 3.05) is 26.2 Å². The number of carbonyl (C=O) groups excluding carboxylic acids is 1. The van der Waals surface area contributed by atoms with Gasteiger partial charge in [0.25, 0.3) is 0 Å². The first-order valence-corrected chi connectivity index (χ1v) is 11.4. The van der Waals surface area contributed by atoms with Crippen molar-refractivity contribution >= 4 is 11.9 Å². The van der Waals surface area contributed by atoms with Crippen LogP contribution in [0.1, 0.15) is 56.1 Å². The number of halogens is 1. The van der Waals surface area contributed by atoms with Crippen molar-refractivity contribution in [3.05, 3.63) is 35.1 Å². The second-order valence-electron chi connectivity index (χ2n) is 9.72. The van der Waals surface area contributed by atoms with E-state index < -0.39 is 11.9 Å². The summed E-state index contributed by atoms with van der Waals surface area (Å²) < 4.78 is 13.7. The Bertz CT molecular complexity index is 777. The van der Waals surface area contributed by atoms with Gasteiger partial charge in [-0.2, -0.15) is 0 Å². The number of likely N-dealkylation sites (tertiary alicyclic amines) is 2. The molecule has 1 amide bonds. The summed E-state index contributed by atoms with van der Waals surface area (Å²) in [7, 11) is 0. The van der Waals surface area contributed by atoms with Crippen LogP contribution in [0.3, 0.4) is 0 Å². The number of carboxylic acids is 1. The Labute approximate surface area is 178 Å². The van der Waals surface area contributed by atoms with Crippen LogP contribution in [0, 0.1) is 30.0 Å². The van der Waals surface area contributed by atoms with Crippen LogP contribution in [0.5, 0.6) is 0 Å². The Hall–Kier alpha value is -1.95. The quantitative estimate of drug-likeness (QED) is 0.810. The molecule has 1 saturated carbocycles. The molecule has 1 unspecified atom stereocenters. The van der Waals surface area contributed by atoms with Gasteiger partial charge >= 0.3 is 5.97 Å². The SMILES string of the molecule is Cc1cc(F)cc(CN2CCC3(CC2)CN(C(=O)C2CCCCC2)CC3C(=O)O)c1. The first-order chi connectivity index (χ1) is 14.4. The van der Waals surface area contributed by atoms with E-state index in [2.05, 4.69) is 4.90 Å². The minimum Gasteiger partial charge on any atom is -0.481 e. The van der Waals surface area contributed by atoms with Crippen LogP contribution in [-0.4, -0.2) is 53.0 Å². The number of aryl methyl sites for hydroxylation is 1. The molecular weight excluding hydrogens is 383 g/mol. The first kappa shape index (κ1) is 21.3. The number of aliphatic carboxylic acids is 1. The summed E-state index contributed by atoms with van der Waals surface area (Å²) in [5, 5.41) is 9.91. The van der Waals surface area contributed by atoms with Gasteiger partial charge in [-0.15, -0.1) is 0 Å². The highest BCUT2D eigenvalue weighted by Gasteiger charge is 2.53. The molecule has 30 heavy (non-hydrogen) atoms. The van der Waals surface area contributed by atoms with Gasteiger partial charge in [-0.05, 0) is 69.0 Å². The summed E-state index contributed by atoms with van der Waals surface area (Å²) in [6.45, 7) is 5.07. The third kappa shape index (κ3) is 4.39. The number of benzene rings is 1. The minimum absolute atomic E-state index is 0.0830. The molecule has 2 heterocycles. The molecule has 6 heteroatoms. The molecule has 1 N–H and O–H groups in total. The predicted octanol–water partition coefficient (Wildman–Crippen LogP) is 3.84. The fourth-order valence-corrected chi connectivity index (χ4v) is 5.91. The standard InChI is InChI=1S/C24H33FN2O3/c1-17-11-18(13-20(25)12-17)14-26-9-7-24(8-10-26)16-27(15-21(24)23(29)30)22(28)19-5-3-2-4-6-19/h11-13,19,21H,2-10,14-16H2,1H3,(H,29,30). The Balaban J connectivity index is 1.41. The Morgan fingerprint density at radius 1 is 1.13 bits per heavy atom. The van der Waals surface area contributed by atoms with Crippen LogP contribution in [0.15, 0.2) is 18.2 Å². The van der Waals surface area contributed by atoms with E-state index in [0.29, 0.717) is 19.6 Å². The molecule has 164 valence electrons. The summed E-state index contributed by atoms with van der Waals surface area (Å²) in [6.07, 6.45) is 6.84. The number of carbonyl (C=O) groups is 2. The topological polar surface area (TPSA) is 60.9 Å². The number of carboxylic acid groups (broad SMARTS) is 1. The Morgan fingerprint density at radius 3 is 2.47 bits per heavy atom. The zero-order valence-electron chi connectivity index (χ0n) is 17.9. The molecule has 3 aliphatic rings. The number of hydrogen-bond acceptors (Lipinski definition) is 3. The Kier molecular flexibility index (Phi) is 6.14. The van der Waals surface area contributed by atoms with Gasteiger partial charge in [-0.1, -0.05) is 25.3 Å². The highest BCUT2D eigenvalue weighted by molar-refractivity contribution is 5.81. The molecule has 1 spiro atoms. The predicted molar refractivity (Wildman–Crippen MR) is 112 cm³/mol. The first-order valence-electron chi connectivity index (χ1n) is 11.4. The van der Waals surface area contributed by atoms with Gasteiger partial charge in [-0.3, -0.25) is 14.5 Å². The van der Waals surface area contributed by atoms with Crippen LogP contribution < -0.4 is 0 Å². The fraction of sp³-hybridized carbons (Fsp3) is 0.667. The van der Waals surface area contributed by atoms with E-state index in [1.165, 1.54) is 12.5 Å². The van der Waals surface area contributed by atoms with E-state index in [4.69, 9.17) is 0 Å². The summed E-state index contributed by atoms with van der Waals surface area (Å²) in [4.78, 5) is 29.3. The van der Waals surface area contributed by atoms with Crippen molar-refractivity contribution in [2.24, 2.45) is 17.3 Å². The second-order valence-corrected chi connectivity index (χ2v) is 9.72. The fourth-order valence-electron chi connectivity index (χ4n) is 5.91. The van der Waals surface area contributed by atoms with E-state index in [0.717, 1.165) is 62.7 Å². The van der Waals surface area contributed by atoms with Crippen LogP contribution in [0.4, 0.5) is 4.39 Å². The van der Waals surface area contributed by atoms with E-state index in [1.807, 2.05) is 17.9 Å². The molecule has 4 rings (SSSR count). The second kappa shape index (κ2) is 8.66. The van der Waals surface area contributed by atoms with Gasteiger partial charge in [0.15, 0.2) is 0 Å². The highest BCUT2D eigenvalue weighted by atomic mass is 19.1. The van der Waals surface area contributed by atoms with Crippen molar-refractivity contribution in [2.45, 2.75) is 58.4 Å². The summed E-state index contributed by atoms with van der Waals surface area (Å²) in [6, 6.07) is 5.12. The van der Waals surface area contributed by atoms with E-state index >= 15 is 0 Å². The number of nitrogens with zero attached hydrogens (tertiary/aromatic N) is 2. The molecule has 2 saturated heterocycles. The molecule has 5 nitrogen and oxygen atoms in total. The normalized spacial score (nSPS) is 25.0. The van der Waals surface area contributed by atoms with Gasteiger partial charge < -0.3 is 10.0 Å². The van der Waals surface area contributed by atoms with Crippen molar-refractivity contribution in [3.8, 4) is 0 Å². The van der Waals surface area contributed by atoms with Crippen LogP contribution in [-0.2, 0) is 16.1 Å². The van der Waals surface area contributed by atoms with Gasteiger partial charge in [0.1, 0.15) is 5.82 Å². The van der Waals surface area contributed by atoms with Gasteiger partial charge in [-0.25, -0.2) is 4.39 Å². The lowest BCUT2D eigenvalue weighted by molar-refractivity contribution is -0.146. The molecular formula is C24H33FN2O3. The molecule has 1 aliphatic carbocycles. The number of piperidine rings is 1. The van der Waals surface area contributed by atoms with Gasteiger partial charge in [0.05, 0.1) is 5.92 Å². The van der Waals surface area contributed by atoms with Crippen LogP contribution >= 0.6 is 0 Å². The zero-order valence-corrected chi connectivity index (χ0v) is 17.9. The summed E-state index contributed by atoms with van der Waals surface area (Å²) in [5.41, 5.74) is 1.54. The molecule has 0 radical (unpaired) electrons. The Morgan fingerprint density at radius 2 is 1.83 bits per heavy atom. The maximum atomic E-state index is 13.7. The van der Waals surface area contributed by atoms with Gasteiger partial charge in [0, 0.05) is 31.0 Å². The summed E-state index contributed by atoms with van der Waals surface area (Å²) in [5.74, 6) is -1.21. The lowest BCUT2D eigenvalue weighted by Crippen LogP contribution is -2.46. The average molecular weight is 417 g/mol. The van der Waals surface area contributed by atoms with E-state index in [1.54, 1.807) is 6.07 Å². The van der Waals surface area contributed by atoms with Crippen LogP contribution in [0.2, 0.25) is 0 Å². The van der Waals surface area contributed by atoms with Crippen molar-refractivity contribution in [1.29, 1.82) is 0 Å². The van der Waals surface area contributed by atoms with E-state index in [-0.39, 0.29) is 23.1 Å². The van der Waals surface area contributed by atoms with E-state index in [9.17, 15) is 19.1 Å².